The van der Waals surface area contributed by atoms with Crippen LogP contribution in [0.5, 0.6) is 11.5 Å². The molecular weight excluding hydrogens is 360 g/mol. The highest BCUT2D eigenvalue weighted by atomic mass is 16.5. The fourth-order valence-electron chi connectivity index (χ4n) is 3.92. The summed E-state index contributed by atoms with van der Waals surface area (Å²) in [5.41, 5.74) is 0.592. The number of hydrogen-bond acceptors (Lipinski definition) is 5. The van der Waals surface area contributed by atoms with Gasteiger partial charge in [0.1, 0.15) is 17.1 Å². The Bertz CT molecular complexity index is 1040. The lowest BCUT2D eigenvalue weighted by Gasteiger charge is -2.31. The minimum Gasteiger partial charge on any atom is -0.496 e. The standard InChI is InChI=1S/C22H22O6/c1-10-13-16(17(22(2,3)4)20(28-6)14(10)21(25)26)18(23)11-8-7-9-12(27-5)15(11)19(13)24/h7-9H,1-6H3,(H,25,26). The Kier molecular flexibility index (Phi) is 4.54. The molecule has 2 aromatic rings. The third-order valence-corrected chi connectivity index (χ3v) is 5.04. The first-order valence-electron chi connectivity index (χ1n) is 8.80. The van der Waals surface area contributed by atoms with Crippen molar-refractivity contribution in [3.8, 4) is 11.5 Å². The van der Waals surface area contributed by atoms with Crippen LogP contribution >= 0.6 is 0 Å². The molecule has 0 heterocycles. The van der Waals surface area contributed by atoms with Gasteiger partial charge in [-0.05, 0) is 24.0 Å². The third kappa shape index (κ3) is 2.59. The van der Waals surface area contributed by atoms with Crippen molar-refractivity contribution in [3.63, 3.8) is 0 Å². The van der Waals surface area contributed by atoms with Crippen LogP contribution in [-0.2, 0) is 5.41 Å². The molecule has 6 nitrogen and oxygen atoms in total. The lowest BCUT2D eigenvalue weighted by Crippen LogP contribution is -2.30. The smallest absolute Gasteiger partial charge is 0.339 e. The van der Waals surface area contributed by atoms with Crippen molar-refractivity contribution >= 4 is 17.5 Å². The third-order valence-electron chi connectivity index (χ3n) is 5.04. The number of methoxy groups -OCH3 is 2. The molecule has 0 amide bonds. The van der Waals surface area contributed by atoms with E-state index in [1.54, 1.807) is 18.2 Å². The van der Waals surface area contributed by atoms with Gasteiger partial charge >= 0.3 is 5.97 Å². The number of hydrogen-bond donors (Lipinski definition) is 1. The Morgan fingerprint density at radius 2 is 1.61 bits per heavy atom. The summed E-state index contributed by atoms with van der Waals surface area (Å²) in [5.74, 6) is -1.58. The number of carboxylic acid groups (broad SMARTS) is 1. The summed E-state index contributed by atoms with van der Waals surface area (Å²) in [7, 11) is 2.79. The van der Waals surface area contributed by atoms with E-state index in [9.17, 15) is 19.5 Å². The maximum atomic E-state index is 13.5. The van der Waals surface area contributed by atoms with Gasteiger partial charge in [0, 0.05) is 22.3 Å². The predicted octanol–water partition coefficient (Wildman–Crippen LogP) is 3.78. The lowest BCUT2D eigenvalue weighted by atomic mass is 9.72. The van der Waals surface area contributed by atoms with Gasteiger partial charge in [0.15, 0.2) is 11.6 Å². The maximum Gasteiger partial charge on any atom is 0.339 e. The Morgan fingerprint density at radius 1 is 0.964 bits per heavy atom. The summed E-state index contributed by atoms with van der Waals surface area (Å²) < 4.78 is 10.8. The number of fused-ring (bicyclic) bond motifs is 2. The van der Waals surface area contributed by atoms with Crippen LogP contribution in [-0.4, -0.2) is 36.9 Å². The van der Waals surface area contributed by atoms with E-state index in [1.807, 2.05) is 20.8 Å². The van der Waals surface area contributed by atoms with Crippen molar-refractivity contribution in [1.82, 2.24) is 0 Å². The molecule has 0 bridgehead atoms. The van der Waals surface area contributed by atoms with E-state index >= 15 is 0 Å². The molecule has 1 aliphatic carbocycles. The Hall–Kier alpha value is -3.15. The minimum absolute atomic E-state index is 0.102. The number of ketones is 2. The van der Waals surface area contributed by atoms with E-state index in [2.05, 4.69) is 0 Å². The molecule has 6 heteroatoms. The Labute approximate surface area is 163 Å². The molecule has 0 saturated carbocycles. The second-order valence-electron chi connectivity index (χ2n) is 7.75. The molecule has 0 spiro atoms. The number of aromatic carboxylic acids is 1. The van der Waals surface area contributed by atoms with Crippen molar-refractivity contribution in [1.29, 1.82) is 0 Å². The average Bonchev–Trinajstić information content (AvgIpc) is 2.62. The Balaban J connectivity index is 2.56. The zero-order valence-electron chi connectivity index (χ0n) is 16.7. The van der Waals surface area contributed by atoms with Gasteiger partial charge < -0.3 is 14.6 Å². The fraction of sp³-hybridized carbons (Fsp3) is 0.318. The lowest BCUT2D eigenvalue weighted by molar-refractivity contribution is 0.0691. The van der Waals surface area contributed by atoms with Crippen LogP contribution in [0.2, 0.25) is 0 Å². The van der Waals surface area contributed by atoms with E-state index in [-0.39, 0.29) is 50.7 Å². The summed E-state index contributed by atoms with van der Waals surface area (Å²) in [6, 6.07) is 4.84. The molecule has 2 aromatic carbocycles. The number of carbonyl (C=O) groups is 3. The van der Waals surface area contributed by atoms with E-state index in [0.29, 0.717) is 5.56 Å². The molecule has 3 rings (SSSR count). The molecule has 0 radical (unpaired) electrons. The van der Waals surface area contributed by atoms with Gasteiger partial charge in [-0.2, -0.15) is 0 Å². The van der Waals surface area contributed by atoms with Crippen LogP contribution in [0.25, 0.3) is 0 Å². The molecule has 0 atom stereocenters. The topological polar surface area (TPSA) is 89.9 Å². The maximum absolute atomic E-state index is 13.5. The number of benzene rings is 2. The molecule has 0 aromatic heterocycles. The highest BCUT2D eigenvalue weighted by Gasteiger charge is 2.41. The van der Waals surface area contributed by atoms with E-state index in [4.69, 9.17) is 9.47 Å². The molecule has 1 aliphatic rings. The highest BCUT2D eigenvalue weighted by molar-refractivity contribution is 6.31. The molecular formula is C22H22O6. The Morgan fingerprint density at radius 3 is 2.11 bits per heavy atom. The molecule has 146 valence electrons. The highest BCUT2D eigenvalue weighted by Crippen LogP contribution is 2.45. The molecule has 1 N–H and O–H groups in total. The van der Waals surface area contributed by atoms with E-state index in [1.165, 1.54) is 21.1 Å². The van der Waals surface area contributed by atoms with Crippen LogP contribution in [0.4, 0.5) is 0 Å². The normalized spacial score (nSPS) is 13.1. The number of rotatable bonds is 3. The quantitative estimate of drug-likeness (QED) is 0.741. The fourth-order valence-corrected chi connectivity index (χ4v) is 3.92. The van der Waals surface area contributed by atoms with Crippen molar-refractivity contribution < 1.29 is 29.0 Å². The van der Waals surface area contributed by atoms with Crippen LogP contribution in [0.3, 0.4) is 0 Å². The van der Waals surface area contributed by atoms with Gasteiger partial charge in [0.25, 0.3) is 0 Å². The predicted molar refractivity (Wildman–Crippen MR) is 103 cm³/mol. The van der Waals surface area contributed by atoms with Crippen molar-refractivity contribution in [2.45, 2.75) is 33.1 Å². The van der Waals surface area contributed by atoms with Crippen molar-refractivity contribution in [3.05, 3.63) is 57.1 Å². The summed E-state index contributed by atoms with van der Waals surface area (Å²) in [6.45, 7) is 7.09. The second kappa shape index (κ2) is 6.48. The van der Waals surface area contributed by atoms with Gasteiger partial charge in [-0.15, -0.1) is 0 Å². The molecule has 28 heavy (non-hydrogen) atoms. The zero-order valence-corrected chi connectivity index (χ0v) is 16.7. The largest absolute Gasteiger partial charge is 0.496 e. The van der Waals surface area contributed by atoms with E-state index < -0.39 is 17.2 Å². The first-order valence-corrected chi connectivity index (χ1v) is 8.80. The van der Waals surface area contributed by atoms with Gasteiger partial charge in [0.2, 0.25) is 0 Å². The van der Waals surface area contributed by atoms with Crippen molar-refractivity contribution in [2.75, 3.05) is 14.2 Å². The molecule has 0 aliphatic heterocycles. The summed E-state index contributed by atoms with van der Waals surface area (Å²) >= 11 is 0. The monoisotopic (exact) mass is 382 g/mol. The molecule has 0 saturated heterocycles. The first-order chi connectivity index (χ1) is 13.1. The van der Waals surface area contributed by atoms with Crippen LogP contribution < -0.4 is 9.47 Å². The van der Waals surface area contributed by atoms with Crippen LogP contribution in [0, 0.1) is 6.92 Å². The number of carboxylic acids is 1. The number of ether oxygens (including phenoxy) is 2. The molecule has 0 unspecified atom stereocenters. The summed E-state index contributed by atoms with van der Waals surface area (Å²) in [4.78, 5) is 38.9. The van der Waals surface area contributed by atoms with E-state index in [0.717, 1.165) is 0 Å². The first kappa shape index (κ1) is 19.6. The second-order valence-corrected chi connectivity index (χ2v) is 7.75. The van der Waals surface area contributed by atoms with Gasteiger partial charge in [-0.3, -0.25) is 9.59 Å². The number of carbonyl (C=O) groups excluding carboxylic acids is 2. The summed E-state index contributed by atoms with van der Waals surface area (Å²) in [5, 5.41) is 9.82. The van der Waals surface area contributed by atoms with Crippen LogP contribution in [0.15, 0.2) is 18.2 Å². The zero-order chi connectivity index (χ0) is 21.0. The van der Waals surface area contributed by atoms with Gasteiger partial charge in [-0.1, -0.05) is 32.9 Å². The summed E-state index contributed by atoms with van der Waals surface area (Å²) in [6.07, 6.45) is 0. The molecule has 0 fully saturated rings. The van der Waals surface area contributed by atoms with Gasteiger partial charge in [-0.25, -0.2) is 4.79 Å². The SMILES string of the molecule is COc1cccc2c1C(=O)c1c(C)c(C(=O)O)c(OC)c(C(C)(C)C)c1C2=O. The van der Waals surface area contributed by atoms with Gasteiger partial charge in [0.05, 0.1) is 19.8 Å². The van der Waals surface area contributed by atoms with Crippen LogP contribution in [0.1, 0.15) is 74.1 Å². The minimum atomic E-state index is -1.21. The van der Waals surface area contributed by atoms with Crippen molar-refractivity contribution in [2.24, 2.45) is 0 Å². The average molecular weight is 382 g/mol.